The molecule has 130 valence electrons. The number of nitrogens with zero attached hydrogens (tertiary/aromatic N) is 3. The molecule has 2 amide bonds. The highest BCUT2D eigenvalue weighted by Crippen LogP contribution is 2.19. The van der Waals surface area contributed by atoms with E-state index < -0.39 is 23.8 Å². The second-order valence-corrected chi connectivity index (χ2v) is 7.42. The number of rotatable bonds is 4. The van der Waals surface area contributed by atoms with Crippen LogP contribution in [-0.4, -0.2) is 46.1 Å². The molecule has 0 saturated carbocycles. The molecule has 1 aromatic rings. The lowest BCUT2D eigenvalue weighted by molar-refractivity contribution is -0.133. The molecule has 8 heteroatoms. The van der Waals surface area contributed by atoms with Crippen molar-refractivity contribution in [1.82, 2.24) is 15.2 Å². The van der Waals surface area contributed by atoms with Crippen LogP contribution in [0.15, 0.2) is 10.9 Å². The fourth-order valence-corrected chi connectivity index (χ4v) is 3.13. The van der Waals surface area contributed by atoms with Crippen LogP contribution >= 0.6 is 11.3 Å². The molecule has 0 bridgehead atoms. The first kappa shape index (κ1) is 18.2. The van der Waals surface area contributed by atoms with Gasteiger partial charge in [-0.05, 0) is 33.6 Å². The number of nitriles is 1. The lowest BCUT2D eigenvalue weighted by atomic mass is 10.1. The van der Waals surface area contributed by atoms with E-state index in [9.17, 15) is 14.9 Å². The van der Waals surface area contributed by atoms with Crippen molar-refractivity contribution in [3.05, 3.63) is 16.6 Å². The molecule has 2 rings (SSSR count). The predicted octanol–water partition coefficient (Wildman–Crippen LogP) is 2.09. The van der Waals surface area contributed by atoms with Crippen LogP contribution in [0.2, 0.25) is 0 Å². The molecular weight excluding hydrogens is 328 g/mol. The third-order valence-electron chi connectivity index (χ3n) is 3.57. The Hall–Kier alpha value is -2.14. The number of alkyl carbamates (subject to hydrolysis) is 1. The predicted molar refractivity (Wildman–Crippen MR) is 89.3 cm³/mol. The topological polar surface area (TPSA) is 95.3 Å². The number of ether oxygens (including phenoxy) is 1. The molecule has 0 aliphatic carbocycles. The van der Waals surface area contributed by atoms with Gasteiger partial charge >= 0.3 is 6.09 Å². The van der Waals surface area contributed by atoms with Crippen LogP contribution in [0.5, 0.6) is 0 Å². The third kappa shape index (κ3) is 4.93. The smallest absolute Gasteiger partial charge is 0.408 e. The largest absolute Gasteiger partial charge is 0.444 e. The van der Waals surface area contributed by atoms with E-state index in [1.165, 1.54) is 16.2 Å². The first-order valence-electron chi connectivity index (χ1n) is 7.87. The van der Waals surface area contributed by atoms with Gasteiger partial charge in [-0.1, -0.05) is 0 Å². The number of carbonyl (C=O) groups excluding carboxylic acids is 2. The fraction of sp³-hybridized carbons (Fsp3) is 0.625. The molecule has 1 fully saturated rings. The molecule has 0 spiro atoms. The Morgan fingerprint density at radius 2 is 2.33 bits per heavy atom. The van der Waals surface area contributed by atoms with E-state index in [0.29, 0.717) is 13.0 Å². The molecule has 0 unspecified atom stereocenters. The summed E-state index contributed by atoms with van der Waals surface area (Å²) in [4.78, 5) is 30.6. The van der Waals surface area contributed by atoms with Gasteiger partial charge in [0, 0.05) is 18.3 Å². The number of aromatic nitrogens is 1. The van der Waals surface area contributed by atoms with Crippen LogP contribution < -0.4 is 5.32 Å². The van der Waals surface area contributed by atoms with Crippen LogP contribution in [0.1, 0.15) is 39.3 Å². The lowest BCUT2D eigenvalue weighted by Crippen LogP contribution is -2.51. The summed E-state index contributed by atoms with van der Waals surface area (Å²) in [6, 6.07) is 0.918. The molecule has 1 N–H and O–H groups in total. The minimum Gasteiger partial charge on any atom is -0.444 e. The number of thiazole rings is 1. The van der Waals surface area contributed by atoms with Crippen molar-refractivity contribution >= 4 is 23.3 Å². The monoisotopic (exact) mass is 350 g/mol. The van der Waals surface area contributed by atoms with Crippen molar-refractivity contribution in [2.24, 2.45) is 0 Å². The van der Waals surface area contributed by atoms with Crippen LogP contribution in [0.4, 0.5) is 4.79 Å². The summed E-state index contributed by atoms with van der Waals surface area (Å²) >= 11 is 1.43. The Morgan fingerprint density at radius 1 is 1.58 bits per heavy atom. The highest BCUT2D eigenvalue weighted by molar-refractivity contribution is 7.07. The van der Waals surface area contributed by atoms with Crippen molar-refractivity contribution in [2.45, 2.75) is 57.7 Å². The van der Waals surface area contributed by atoms with E-state index in [2.05, 4.69) is 16.4 Å². The Balaban J connectivity index is 2.11. The summed E-state index contributed by atoms with van der Waals surface area (Å²) in [6.07, 6.45) is 1.08. The summed E-state index contributed by atoms with van der Waals surface area (Å²) in [6.45, 7) is 5.81. The lowest BCUT2D eigenvalue weighted by Gasteiger charge is -2.27. The maximum atomic E-state index is 12.8. The molecule has 7 nitrogen and oxygen atoms in total. The molecule has 1 saturated heterocycles. The van der Waals surface area contributed by atoms with E-state index in [4.69, 9.17) is 4.74 Å². The summed E-state index contributed by atoms with van der Waals surface area (Å²) in [5.74, 6) is -0.266. The van der Waals surface area contributed by atoms with Crippen molar-refractivity contribution in [3.8, 4) is 6.07 Å². The summed E-state index contributed by atoms with van der Waals surface area (Å²) in [5.41, 5.74) is 1.75. The van der Waals surface area contributed by atoms with Gasteiger partial charge in [-0.2, -0.15) is 5.26 Å². The first-order chi connectivity index (χ1) is 11.3. The molecule has 0 aromatic carbocycles. The van der Waals surface area contributed by atoms with Crippen LogP contribution in [0.3, 0.4) is 0 Å². The van der Waals surface area contributed by atoms with Crippen molar-refractivity contribution in [3.63, 3.8) is 0 Å². The zero-order valence-corrected chi connectivity index (χ0v) is 14.9. The van der Waals surface area contributed by atoms with Gasteiger partial charge in [-0.3, -0.25) is 4.79 Å². The van der Waals surface area contributed by atoms with E-state index in [1.807, 2.05) is 5.38 Å². The minimum atomic E-state index is -0.795. The average molecular weight is 350 g/mol. The Labute approximate surface area is 145 Å². The van der Waals surface area contributed by atoms with Crippen LogP contribution in [0.25, 0.3) is 0 Å². The molecule has 1 aromatic heterocycles. The maximum absolute atomic E-state index is 12.8. The number of amides is 2. The molecule has 1 aliphatic heterocycles. The van der Waals surface area contributed by atoms with Crippen LogP contribution in [-0.2, 0) is 16.0 Å². The summed E-state index contributed by atoms with van der Waals surface area (Å²) in [7, 11) is 0. The van der Waals surface area contributed by atoms with Crippen molar-refractivity contribution in [1.29, 1.82) is 5.26 Å². The standard InChI is InChI=1S/C16H22N4O3S/c1-16(2,3)23-15(22)19-13(7-11-9-24-10-18-11)14(21)20-6-4-5-12(20)8-17/h9-10,12-13H,4-7H2,1-3H3,(H,19,22)/t12-,13-/m0/s1. The number of likely N-dealkylation sites (tertiary alicyclic amines) is 1. The van der Waals surface area contributed by atoms with Gasteiger partial charge in [-0.25, -0.2) is 9.78 Å². The second kappa shape index (κ2) is 7.62. The van der Waals surface area contributed by atoms with Crippen molar-refractivity contribution < 1.29 is 14.3 Å². The van der Waals surface area contributed by atoms with Crippen molar-refractivity contribution in [2.75, 3.05) is 6.54 Å². The van der Waals surface area contributed by atoms with Gasteiger partial charge in [0.15, 0.2) is 0 Å². The minimum absolute atomic E-state index is 0.266. The van der Waals surface area contributed by atoms with Crippen LogP contribution in [0, 0.1) is 11.3 Å². The Bertz CT molecular complexity index is 618. The van der Waals surface area contributed by atoms with Gasteiger partial charge in [0.1, 0.15) is 17.7 Å². The molecule has 2 heterocycles. The van der Waals surface area contributed by atoms with E-state index in [0.717, 1.165) is 12.1 Å². The zero-order chi connectivity index (χ0) is 17.7. The maximum Gasteiger partial charge on any atom is 0.408 e. The average Bonchev–Trinajstić information content (AvgIpc) is 3.14. The van der Waals surface area contributed by atoms with Gasteiger partial charge in [0.25, 0.3) is 0 Å². The second-order valence-electron chi connectivity index (χ2n) is 6.70. The Morgan fingerprint density at radius 3 is 2.92 bits per heavy atom. The quantitative estimate of drug-likeness (QED) is 0.897. The van der Waals surface area contributed by atoms with E-state index in [1.54, 1.807) is 26.3 Å². The highest BCUT2D eigenvalue weighted by atomic mass is 32.1. The van der Waals surface area contributed by atoms with E-state index in [-0.39, 0.29) is 12.3 Å². The van der Waals surface area contributed by atoms with E-state index >= 15 is 0 Å². The van der Waals surface area contributed by atoms with Gasteiger partial charge in [-0.15, -0.1) is 11.3 Å². The third-order valence-corrected chi connectivity index (χ3v) is 4.21. The summed E-state index contributed by atoms with van der Waals surface area (Å²) < 4.78 is 5.25. The number of hydrogen-bond acceptors (Lipinski definition) is 6. The molecule has 0 radical (unpaired) electrons. The molecule has 2 atom stereocenters. The molecule has 24 heavy (non-hydrogen) atoms. The highest BCUT2D eigenvalue weighted by Gasteiger charge is 2.35. The molecular formula is C16H22N4O3S. The fourth-order valence-electron chi connectivity index (χ4n) is 2.56. The number of nitrogens with one attached hydrogen (secondary N) is 1. The Kier molecular flexibility index (Phi) is 5.78. The van der Waals surface area contributed by atoms with Gasteiger partial charge in [0.05, 0.1) is 17.3 Å². The van der Waals surface area contributed by atoms with Gasteiger partial charge < -0.3 is 15.0 Å². The SMILES string of the molecule is CC(C)(C)OC(=O)N[C@@H](Cc1cscn1)C(=O)N1CCC[C@H]1C#N. The van der Waals surface area contributed by atoms with Gasteiger partial charge in [0.2, 0.25) is 5.91 Å². The normalized spacial score (nSPS) is 18.8. The number of carbonyl (C=O) groups is 2. The zero-order valence-electron chi connectivity index (χ0n) is 14.1. The summed E-state index contributed by atoms with van der Waals surface area (Å²) in [5, 5.41) is 13.7. The number of hydrogen-bond donors (Lipinski definition) is 1. The first-order valence-corrected chi connectivity index (χ1v) is 8.81. The molecule has 1 aliphatic rings.